The topological polar surface area (TPSA) is 59.0 Å². The molecule has 1 heterocycles. The van der Waals surface area contributed by atoms with Gasteiger partial charge < -0.3 is 10.6 Å². The van der Waals surface area contributed by atoms with Crippen LogP contribution in [0.25, 0.3) is 5.69 Å². The van der Waals surface area contributed by atoms with Crippen LogP contribution in [0, 0.1) is 13.8 Å². The van der Waals surface area contributed by atoms with E-state index in [4.69, 9.17) is 0 Å². The van der Waals surface area contributed by atoms with E-state index in [1.54, 1.807) is 0 Å². The molecule has 2 aromatic carbocycles. The van der Waals surface area contributed by atoms with Crippen molar-refractivity contribution in [3.8, 4) is 5.69 Å². The van der Waals surface area contributed by atoms with Crippen LogP contribution in [0.4, 0.5) is 5.69 Å². The molecule has 1 amide bonds. The van der Waals surface area contributed by atoms with Gasteiger partial charge in [0.2, 0.25) is 5.91 Å². The summed E-state index contributed by atoms with van der Waals surface area (Å²) in [5.41, 5.74) is 4.70. The lowest BCUT2D eigenvalue weighted by Gasteiger charge is -2.18. The second-order valence-electron chi connectivity index (χ2n) is 6.97. The van der Waals surface area contributed by atoms with Crippen LogP contribution in [0.2, 0.25) is 0 Å². The van der Waals surface area contributed by atoms with Gasteiger partial charge in [0, 0.05) is 6.04 Å². The van der Waals surface area contributed by atoms with Crippen molar-refractivity contribution in [3.63, 3.8) is 0 Å². The number of amides is 1. The lowest BCUT2D eigenvalue weighted by molar-refractivity contribution is -0.115. The maximum Gasteiger partial charge on any atom is 0.238 e. The highest BCUT2D eigenvalue weighted by Crippen LogP contribution is 2.23. The summed E-state index contributed by atoms with van der Waals surface area (Å²) in [7, 11) is 0. The summed E-state index contributed by atoms with van der Waals surface area (Å²) >= 11 is 0. The number of carbonyl (C=O) groups is 1. The van der Waals surface area contributed by atoms with Gasteiger partial charge in [-0.3, -0.25) is 4.79 Å². The largest absolute Gasteiger partial charge is 0.322 e. The van der Waals surface area contributed by atoms with E-state index < -0.39 is 0 Å². The average Bonchev–Trinajstić information content (AvgIpc) is 3.00. The molecule has 2 N–H and O–H groups in total. The highest BCUT2D eigenvalue weighted by Gasteiger charge is 2.16. The first-order chi connectivity index (χ1) is 13.6. The fourth-order valence-corrected chi connectivity index (χ4v) is 3.40. The van der Waals surface area contributed by atoms with Gasteiger partial charge in [-0.2, -0.15) is 5.10 Å². The van der Waals surface area contributed by atoms with Crippen LogP contribution in [0.15, 0.2) is 60.7 Å². The summed E-state index contributed by atoms with van der Waals surface area (Å²) in [6.45, 7) is 6.30. The molecule has 0 radical (unpaired) electrons. The summed E-state index contributed by atoms with van der Waals surface area (Å²) in [5.74, 6) is -0.0594. The minimum absolute atomic E-state index is 0.0594. The van der Waals surface area contributed by atoms with Gasteiger partial charge in [-0.15, -0.1) is 0 Å². The Hall–Kier alpha value is -2.92. The first kappa shape index (κ1) is 19.8. The molecule has 0 spiro atoms. The second kappa shape index (κ2) is 9.33. The molecule has 0 aliphatic rings. The van der Waals surface area contributed by atoms with Crippen LogP contribution < -0.4 is 10.6 Å². The number of rotatable bonds is 8. The molecular weight excluding hydrogens is 348 g/mol. The smallest absolute Gasteiger partial charge is 0.238 e. The number of hydrogen-bond acceptors (Lipinski definition) is 3. The van der Waals surface area contributed by atoms with Crippen LogP contribution in [0.5, 0.6) is 0 Å². The van der Waals surface area contributed by atoms with Crippen molar-refractivity contribution in [1.82, 2.24) is 15.1 Å². The molecule has 3 rings (SSSR count). The predicted molar refractivity (Wildman–Crippen MR) is 114 cm³/mol. The predicted octanol–water partition coefficient (Wildman–Crippen LogP) is 4.56. The summed E-state index contributed by atoms with van der Waals surface area (Å²) in [4.78, 5) is 12.6. The van der Waals surface area contributed by atoms with Crippen molar-refractivity contribution in [3.05, 3.63) is 77.6 Å². The maximum atomic E-state index is 12.6. The summed E-state index contributed by atoms with van der Waals surface area (Å²) < 4.78 is 1.86. The van der Waals surface area contributed by atoms with Gasteiger partial charge in [0.15, 0.2) is 0 Å². The quantitative estimate of drug-likeness (QED) is 0.606. The third-order valence-corrected chi connectivity index (χ3v) is 4.84. The fraction of sp³-hybridized carbons (Fsp3) is 0.304. The number of hydrogen-bond donors (Lipinski definition) is 2. The minimum atomic E-state index is -0.0594. The van der Waals surface area contributed by atoms with Crippen LogP contribution >= 0.6 is 0 Å². The van der Waals surface area contributed by atoms with Gasteiger partial charge in [-0.25, -0.2) is 4.68 Å². The number of aromatic nitrogens is 2. The molecule has 0 bridgehead atoms. The van der Waals surface area contributed by atoms with Crippen molar-refractivity contribution in [1.29, 1.82) is 0 Å². The van der Waals surface area contributed by atoms with Gasteiger partial charge in [0.05, 0.1) is 29.3 Å². The third-order valence-electron chi connectivity index (χ3n) is 4.84. The van der Waals surface area contributed by atoms with Crippen molar-refractivity contribution < 1.29 is 4.79 Å². The van der Waals surface area contributed by atoms with Gasteiger partial charge in [-0.1, -0.05) is 61.9 Å². The van der Waals surface area contributed by atoms with Crippen LogP contribution in [-0.2, 0) is 4.79 Å². The Balaban J connectivity index is 1.67. The van der Waals surface area contributed by atoms with Crippen molar-refractivity contribution in [2.24, 2.45) is 0 Å². The molecular formula is C23H28N4O. The van der Waals surface area contributed by atoms with Crippen LogP contribution in [-0.4, -0.2) is 22.2 Å². The van der Waals surface area contributed by atoms with Crippen molar-refractivity contribution >= 4 is 11.6 Å². The molecule has 5 heteroatoms. The third kappa shape index (κ3) is 4.67. The molecule has 0 fully saturated rings. The number of nitrogens with zero attached hydrogens (tertiary/aromatic N) is 2. The molecule has 0 aliphatic carbocycles. The SMILES string of the molecule is CCC[C@H](NCC(=O)Nc1c(C)nn(-c2ccccc2)c1C)c1ccccc1. The zero-order chi connectivity index (χ0) is 19.9. The average molecular weight is 377 g/mol. The molecule has 0 unspecified atom stereocenters. The van der Waals surface area contributed by atoms with Gasteiger partial charge in [0.25, 0.3) is 0 Å². The molecule has 0 aliphatic heterocycles. The van der Waals surface area contributed by atoms with E-state index in [9.17, 15) is 4.79 Å². The Bertz CT molecular complexity index is 903. The summed E-state index contributed by atoms with van der Waals surface area (Å²) in [6.07, 6.45) is 2.04. The molecule has 0 saturated heterocycles. The van der Waals surface area contributed by atoms with E-state index in [1.807, 2.05) is 67.1 Å². The molecule has 146 valence electrons. The monoisotopic (exact) mass is 376 g/mol. The minimum Gasteiger partial charge on any atom is -0.322 e. The number of nitrogens with one attached hydrogen (secondary N) is 2. The molecule has 1 atom stereocenters. The van der Waals surface area contributed by atoms with E-state index >= 15 is 0 Å². The van der Waals surface area contributed by atoms with Gasteiger partial charge in [-0.05, 0) is 38.0 Å². The van der Waals surface area contributed by atoms with Crippen molar-refractivity contribution in [2.45, 2.75) is 39.7 Å². The van der Waals surface area contributed by atoms with E-state index in [0.29, 0.717) is 0 Å². The Morgan fingerprint density at radius 2 is 1.68 bits per heavy atom. The Morgan fingerprint density at radius 3 is 2.32 bits per heavy atom. The highest BCUT2D eigenvalue weighted by molar-refractivity contribution is 5.93. The zero-order valence-electron chi connectivity index (χ0n) is 16.8. The number of benzene rings is 2. The Morgan fingerprint density at radius 1 is 1.04 bits per heavy atom. The Kier molecular flexibility index (Phi) is 6.61. The summed E-state index contributed by atoms with van der Waals surface area (Å²) in [6, 6.07) is 20.4. The van der Waals surface area contributed by atoms with Crippen molar-refractivity contribution in [2.75, 3.05) is 11.9 Å². The normalized spacial score (nSPS) is 12.0. The zero-order valence-corrected chi connectivity index (χ0v) is 16.8. The maximum absolute atomic E-state index is 12.6. The highest BCUT2D eigenvalue weighted by atomic mass is 16.1. The first-order valence-electron chi connectivity index (χ1n) is 9.80. The number of carbonyl (C=O) groups excluding carboxylic acids is 1. The fourth-order valence-electron chi connectivity index (χ4n) is 3.40. The van der Waals surface area contributed by atoms with E-state index in [2.05, 4.69) is 34.8 Å². The molecule has 3 aromatic rings. The van der Waals surface area contributed by atoms with Gasteiger partial charge >= 0.3 is 0 Å². The number of aryl methyl sites for hydroxylation is 1. The van der Waals surface area contributed by atoms with Crippen LogP contribution in [0.3, 0.4) is 0 Å². The Labute approximate surface area is 166 Å². The molecule has 1 aromatic heterocycles. The lowest BCUT2D eigenvalue weighted by Crippen LogP contribution is -2.31. The van der Waals surface area contributed by atoms with Gasteiger partial charge in [0.1, 0.15) is 0 Å². The second-order valence-corrected chi connectivity index (χ2v) is 6.97. The first-order valence-corrected chi connectivity index (χ1v) is 9.80. The number of para-hydroxylation sites is 1. The summed E-state index contributed by atoms with van der Waals surface area (Å²) in [5, 5.41) is 11.0. The van der Waals surface area contributed by atoms with Crippen LogP contribution in [0.1, 0.15) is 42.8 Å². The van der Waals surface area contributed by atoms with E-state index in [1.165, 1.54) is 5.56 Å². The number of anilines is 1. The standard InChI is InChI=1S/C23H28N4O/c1-4-11-21(19-12-7-5-8-13-19)24-16-22(28)25-23-17(2)26-27(18(23)3)20-14-9-6-10-15-20/h5-10,12-15,21,24H,4,11,16H2,1-3H3,(H,25,28)/t21-/m0/s1. The molecule has 0 saturated carbocycles. The molecule has 28 heavy (non-hydrogen) atoms. The molecule has 5 nitrogen and oxygen atoms in total. The van der Waals surface area contributed by atoms with E-state index in [-0.39, 0.29) is 18.5 Å². The lowest BCUT2D eigenvalue weighted by atomic mass is 10.0. The van der Waals surface area contributed by atoms with E-state index in [0.717, 1.165) is 35.6 Å².